The third kappa shape index (κ3) is 3.52. The van der Waals surface area contributed by atoms with Crippen LogP contribution in [0.3, 0.4) is 0 Å². The lowest BCUT2D eigenvalue weighted by atomic mass is 10.1. The molecule has 0 radical (unpaired) electrons. The first kappa shape index (κ1) is 13.5. The fourth-order valence-electron chi connectivity index (χ4n) is 1.64. The molecule has 1 aromatic heterocycles. The third-order valence-electron chi connectivity index (χ3n) is 2.65. The molecule has 1 heterocycles. The van der Waals surface area contributed by atoms with E-state index >= 15 is 0 Å². The highest BCUT2D eigenvalue weighted by molar-refractivity contribution is 7.09. The number of hydrogen-bond donors (Lipinski definition) is 3. The van der Waals surface area contributed by atoms with Crippen LogP contribution in [0.5, 0.6) is 0 Å². The van der Waals surface area contributed by atoms with Crippen molar-refractivity contribution >= 4 is 17.2 Å². The first-order valence-corrected chi connectivity index (χ1v) is 6.58. The van der Waals surface area contributed by atoms with Gasteiger partial charge in [-0.05, 0) is 17.5 Å². The summed E-state index contributed by atoms with van der Waals surface area (Å²) in [6, 6.07) is 8.52. The minimum absolute atomic E-state index is 0.100. The molecule has 19 heavy (non-hydrogen) atoms. The number of oxime groups is 1. The summed E-state index contributed by atoms with van der Waals surface area (Å²) < 4.78 is 13.8. The summed E-state index contributed by atoms with van der Waals surface area (Å²) in [7, 11) is 0. The summed E-state index contributed by atoms with van der Waals surface area (Å²) in [5.74, 6) is -0.472. The van der Waals surface area contributed by atoms with E-state index in [1.54, 1.807) is 23.5 Å². The highest BCUT2D eigenvalue weighted by Gasteiger charge is 2.06. The molecule has 2 aromatic rings. The number of hydrogen-bond acceptors (Lipinski definition) is 4. The minimum atomic E-state index is -0.372. The van der Waals surface area contributed by atoms with Gasteiger partial charge in [-0.15, -0.1) is 11.3 Å². The first-order chi connectivity index (χ1) is 9.20. The van der Waals surface area contributed by atoms with Crippen molar-refractivity contribution in [1.82, 2.24) is 5.32 Å². The number of nitrogens with two attached hydrogens (primary N) is 1. The van der Waals surface area contributed by atoms with E-state index in [0.29, 0.717) is 24.2 Å². The van der Waals surface area contributed by atoms with Crippen molar-refractivity contribution in [3.05, 3.63) is 57.5 Å². The van der Waals surface area contributed by atoms with Crippen molar-refractivity contribution in [3.63, 3.8) is 0 Å². The average Bonchev–Trinajstić information content (AvgIpc) is 2.93. The number of thiophene rings is 1. The van der Waals surface area contributed by atoms with E-state index in [9.17, 15) is 4.39 Å². The van der Waals surface area contributed by atoms with E-state index in [1.807, 2.05) is 17.5 Å². The van der Waals surface area contributed by atoms with Crippen LogP contribution in [0.4, 0.5) is 4.39 Å². The standard InChI is InChI=1S/C13H14FN3OS/c14-12-6-9(13(15)17-18)3-4-10(12)7-16-8-11-2-1-5-19-11/h1-6,16,18H,7-8H2,(H2,15,17). The molecule has 0 saturated carbocycles. The van der Waals surface area contributed by atoms with Crippen molar-refractivity contribution in [2.24, 2.45) is 10.9 Å². The van der Waals surface area contributed by atoms with Crippen molar-refractivity contribution in [1.29, 1.82) is 0 Å². The van der Waals surface area contributed by atoms with E-state index < -0.39 is 0 Å². The molecule has 0 atom stereocenters. The van der Waals surface area contributed by atoms with Gasteiger partial charge < -0.3 is 16.3 Å². The lowest BCUT2D eigenvalue weighted by molar-refractivity contribution is 0.318. The van der Waals surface area contributed by atoms with Crippen LogP contribution in [0, 0.1) is 5.82 Å². The average molecular weight is 279 g/mol. The number of rotatable bonds is 5. The molecule has 100 valence electrons. The van der Waals surface area contributed by atoms with E-state index in [2.05, 4.69) is 10.5 Å². The fraction of sp³-hybridized carbons (Fsp3) is 0.154. The Morgan fingerprint density at radius 3 is 2.84 bits per heavy atom. The largest absolute Gasteiger partial charge is 0.409 e. The van der Waals surface area contributed by atoms with Crippen molar-refractivity contribution in [2.75, 3.05) is 0 Å². The molecule has 6 heteroatoms. The van der Waals surface area contributed by atoms with Crippen LogP contribution in [0.2, 0.25) is 0 Å². The van der Waals surface area contributed by atoms with Gasteiger partial charge in [-0.1, -0.05) is 23.4 Å². The van der Waals surface area contributed by atoms with Gasteiger partial charge in [-0.25, -0.2) is 4.39 Å². The van der Waals surface area contributed by atoms with Gasteiger partial charge in [0.2, 0.25) is 0 Å². The molecule has 0 fully saturated rings. The zero-order valence-electron chi connectivity index (χ0n) is 10.1. The maximum atomic E-state index is 13.8. The monoisotopic (exact) mass is 279 g/mol. The maximum absolute atomic E-state index is 13.8. The van der Waals surface area contributed by atoms with Crippen LogP contribution in [-0.4, -0.2) is 11.0 Å². The molecule has 0 spiro atoms. The molecule has 0 saturated heterocycles. The molecule has 0 aliphatic heterocycles. The van der Waals surface area contributed by atoms with E-state index in [-0.39, 0.29) is 11.7 Å². The molecular formula is C13H14FN3OS. The SMILES string of the molecule is NC(=NO)c1ccc(CNCc2cccs2)c(F)c1. The minimum Gasteiger partial charge on any atom is -0.409 e. The fourth-order valence-corrected chi connectivity index (χ4v) is 2.32. The van der Waals surface area contributed by atoms with Gasteiger partial charge in [0, 0.05) is 29.1 Å². The van der Waals surface area contributed by atoms with Crippen molar-refractivity contribution in [2.45, 2.75) is 13.1 Å². The summed E-state index contributed by atoms with van der Waals surface area (Å²) in [4.78, 5) is 1.20. The summed E-state index contributed by atoms with van der Waals surface area (Å²) in [6.07, 6.45) is 0. The van der Waals surface area contributed by atoms with Crippen LogP contribution >= 0.6 is 11.3 Å². The number of nitrogens with one attached hydrogen (secondary N) is 1. The summed E-state index contributed by atoms with van der Waals surface area (Å²) >= 11 is 1.66. The maximum Gasteiger partial charge on any atom is 0.170 e. The van der Waals surface area contributed by atoms with Gasteiger partial charge in [-0.2, -0.15) is 0 Å². The molecule has 0 aliphatic rings. The number of benzene rings is 1. The van der Waals surface area contributed by atoms with Gasteiger partial charge in [-0.3, -0.25) is 0 Å². The molecule has 0 bridgehead atoms. The third-order valence-corrected chi connectivity index (χ3v) is 3.53. The summed E-state index contributed by atoms with van der Waals surface area (Å²) in [6.45, 7) is 1.14. The second-order valence-electron chi connectivity index (χ2n) is 3.97. The van der Waals surface area contributed by atoms with Crippen molar-refractivity contribution in [3.8, 4) is 0 Å². The smallest absolute Gasteiger partial charge is 0.170 e. The zero-order chi connectivity index (χ0) is 13.7. The van der Waals surface area contributed by atoms with Crippen LogP contribution in [0.15, 0.2) is 40.9 Å². The Morgan fingerprint density at radius 2 is 2.21 bits per heavy atom. The molecule has 0 amide bonds. The Morgan fingerprint density at radius 1 is 1.37 bits per heavy atom. The van der Waals surface area contributed by atoms with Gasteiger partial charge in [0.1, 0.15) is 5.82 Å². The lowest BCUT2D eigenvalue weighted by Gasteiger charge is -2.06. The van der Waals surface area contributed by atoms with E-state index in [0.717, 1.165) is 0 Å². The molecule has 0 unspecified atom stereocenters. The first-order valence-electron chi connectivity index (χ1n) is 5.70. The Balaban J connectivity index is 1.97. The second-order valence-corrected chi connectivity index (χ2v) is 5.01. The molecule has 4 nitrogen and oxygen atoms in total. The molecule has 1 aromatic carbocycles. The predicted molar refractivity (Wildman–Crippen MR) is 73.8 cm³/mol. The normalized spacial score (nSPS) is 11.7. The summed E-state index contributed by atoms with van der Waals surface area (Å²) in [5.41, 5.74) is 6.31. The Kier molecular flexibility index (Phi) is 4.48. The zero-order valence-corrected chi connectivity index (χ0v) is 11.0. The number of nitrogens with zero attached hydrogens (tertiary/aromatic N) is 1. The van der Waals surface area contributed by atoms with E-state index in [1.165, 1.54) is 10.9 Å². The molecule has 4 N–H and O–H groups in total. The van der Waals surface area contributed by atoms with Crippen molar-refractivity contribution < 1.29 is 9.60 Å². The van der Waals surface area contributed by atoms with Crippen LogP contribution in [0.1, 0.15) is 16.0 Å². The van der Waals surface area contributed by atoms with Crippen LogP contribution in [0.25, 0.3) is 0 Å². The molecule has 2 rings (SSSR count). The van der Waals surface area contributed by atoms with Gasteiger partial charge >= 0.3 is 0 Å². The quantitative estimate of drug-likeness (QED) is 0.340. The Labute approximate surface area is 114 Å². The highest BCUT2D eigenvalue weighted by Crippen LogP contribution is 2.12. The lowest BCUT2D eigenvalue weighted by Crippen LogP contribution is -2.16. The summed E-state index contributed by atoms with van der Waals surface area (Å²) in [5, 5.41) is 16.5. The van der Waals surface area contributed by atoms with Crippen LogP contribution < -0.4 is 11.1 Å². The second kappa shape index (κ2) is 6.31. The predicted octanol–water partition coefficient (Wildman–Crippen LogP) is 2.27. The van der Waals surface area contributed by atoms with E-state index in [4.69, 9.17) is 10.9 Å². The number of halogens is 1. The molecule has 0 aliphatic carbocycles. The number of amidine groups is 1. The Bertz CT molecular complexity index is 569. The van der Waals surface area contributed by atoms with Gasteiger partial charge in [0.05, 0.1) is 0 Å². The Hall–Kier alpha value is -1.92. The van der Waals surface area contributed by atoms with Gasteiger partial charge in [0.25, 0.3) is 0 Å². The highest BCUT2D eigenvalue weighted by atomic mass is 32.1. The van der Waals surface area contributed by atoms with Gasteiger partial charge in [0.15, 0.2) is 5.84 Å². The topological polar surface area (TPSA) is 70.6 Å². The molecular weight excluding hydrogens is 265 g/mol. The van der Waals surface area contributed by atoms with Crippen LogP contribution in [-0.2, 0) is 13.1 Å².